The van der Waals surface area contributed by atoms with E-state index in [0.29, 0.717) is 38.9 Å². The van der Waals surface area contributed by atoms with Crippen molar-refractivity contribution in [3.8, 4) is 5.75 Å². The molecule has 168 valence electrons. The Labute approximate surface area is 185 Å². The van der Waals surface area contributed by atoms with E-state index in [0.717, 1.165) is 35.4 Å². The zero-order valence-electron chi connectivity index (χ0n) is 18.8. The van der Waals surface area contributed by atoms with Crippen LogP contribution in [0.4, 0.5) is 4.79 Å². The van der Waals surface area contributed by atoms with Crippen molar-refractivity contribution in [1.82, 2.24) is 10.2 Å². The summed E-state index contributed by atoms with van der Waals surface area (Å²) in [4.78, 5) is 14.9. The third kappa shape index (κ3) is 6.71. The fourth-order valence-electron chi connectivity index (χ4n) is 3.89. The fraction of sp³-hybridized carbons (Fsp3) is 0.480. The van der Waals surface area contributed by atoms with Crippen molar-refractivity contribution < 1.29 is 19.0 Å². The van der Waals surface area contributed by atoms with Gasteiger partial charge in [-0.3, -0.25) is 0 Å². The van der Waals surface area contributed by atoms with Gasteiger partial charge in [-0.15, -0.1) is 0 Å². The van der Waals surface area contributed by atoms with Crippen molar-refractivity contribution in [3.63, 3.8) is 0 Å². The van der Waals surface area contributed by atoms with Crippen molar-refractivity contribution in [1.29, 1.82) is 0 Å². The highest BCUT2D eigenvalue weighted by Crippen LogP contribution is 2.25. The smallest absolute Gasteiger partial charge is 0.318 e. The SMILES string of the molecule is COCCOCC1CCN(C(=O)NC(COc2c(C)cccc2C)c2ccccc2)C1. The third-order valence-electron chi connectivity index (χ3n) is 5.66. The molecule has 1 aliphatic rings. The van der Waals surface area contributed by atoms with Crippen LogP contribution in [0, 0.1) is 19.8 Å². The molecule has 1 saturated heterocycles. The van der Waals surface area contributed by atoms with Gasteiger partial charge in [0, 0.05) is 26.1 Å². The van der Waals surface area contributed by atoms with Crippen LogP contribution in [0.1, 0.15) is 29.2 Å². The Morgan fingerprint density at radius 1 is 1.10 bits per heavy atom. The number of aryl methyl sites for hydroxylation is 2. The molecular formula is C25H34N2O4. The van der Waals surface area contributed by atoms with Crippen LogP contribution in [0.25, 0.3) is 0 Å². The van der Waals surface area contributed by atoms with Gasteiger partial charge >= 0.3 is 6.03 Å². The predicted molar refractivity (Wildman–Crippen MR) is 122 cm³/mol. The van der Waals surface area contributed by atoms with Crippen molar-refractivity contribution in [3.05, 3.63) is 65.2 Å². The van der Waals surface area contributed by atoms with Crippen LogP contribution in [-0.4, -0.2) is 57.6 Å². The fourth-order valence-corrected chi connectivity index (χ4v) is 3.89. The second-order valence-electron chi connectivity index (χ2n) is 8.11. The van der Waals surface area contributed by atoms with Crippen LogP contribution in [0.2, 0.25) is 0 Å². The van der Waals surface area contributed by atoms with E-state index in [9.17, 15) is 4.79 Å². The molecule has 2 aromatic rings. The maximum atomic E-state index is 13.0. The number of amides is 2. The summed E-state index contributed by atoms with van der Waals surface area (Å²) >= 11 is 0. The normalized spacial score (nSPS) is 16.9. The number of hydrogen-bond acceptors (Lipinski definition) is 4. The highest BCUT2D eigenvalue weighted by molar-refractivity contribution is 5.75. The number of benzene rings is 2. The highest BCUT2D eigenvalue weighted by Gasteiger charge is 2.28. The molecule has 2 atom stereocenters. The molecule has 6 heteroatoms. The summed E-state index contributed by atoms with van der Waals surface area (Å²) in [5.41, 5.74) is 3.21. The summed E-state index contributed by atoms with van der Waals surface area (Å²) < 4.78 is 16.8. The Balaban J connectivity index is 1.59. The monoisotopic (exact) mass is 426 g/mol. The lowest BCUT2D eigenvalue weighted by Crippen LogP contribution is -2.42. The molecule has 6 nitrogen and oxygen atoms in total. The summed E-state index contributed by atoms with van der Waals surface area (Å²) in [5, 5.41) is 3.18. The first kappa shape index (κ1) is 23.1. The van der Waals surface area contributed by atoms with Gasteiger partial charge in [0.25, 0.3) is 0 Å². The van der Waals surface area contributed by atoms with E-state index >= 15 is 0 Å². The average molecular weight is 427 g/mol. The Kier molecular flexibility index (Phi) is 8.74. The van der Waals surface area contributed by atoms with Gasteiger partial charge in [-0.25, -0.2) is 4.79 Å². The van der Waals surface area contributed by atoms with Crippen LogP contribution in [0.15, 0.2) is 48.5 Å². The number of nitrogens with one attached hydrogen (secondary N) is 1. The van der Waals surface area contributed by atoms with Gasteiger partial charge in [0.2, 0.25) is 0 Å². The molecule has 2 aromatic carbocycles. The largest absolute Gasteiger partial charge is 0.491 e. The van der Waals surface area contributed by atoms with Crippen LogP contribution in [-0.2, 0) is 9.47 Å². The molecule has 2 amide bonds. The number of likely N-dealkylation sites (tertiary alicyclic amines) is 1. The first-order chi connectivity index (χ1) is 15.1. The lowest BCUT2D eigenvalue weighted by molar-refractivity contribution is 0.0532. The van der Waals surface area contributed by atoms with E-state index in [1.807, 2.05) is 67.3 Å². The highest BCUT2D eigenvalue weighted by atomic mass is 16.5. The summed E-state index contributed by atoms with van der Waals surface area (Å²) in [6.07, 6.45) is 0.954. The number of urea groups is 1. The molecule has 1 heterocycles. The summed E-state index contributed by atoms with van der Waals surface area (Å²) in [6, 6.07) is 15.8. The molecular weight excluding hydrogens is 392 g/mol. The molecule has 1 aliphatic heterocycles. The zero-order chi connectivity index (χ0) is 22.1. The topological polar surface area (TPSA) is 60.0 Å². The Morgan fingerprint density at radius 3 is 2.55 bits per heavy atom. The molecule has 3 rings (SSSR count). The maximum Gasteiger partial charge on any atom is 0.318 e. The number of hydrogen-bond donors (Lipinski definition) is 1. The van der Waals surface area contributed by atoms with Gasteiger partial charge in [-0.05, 0) is 37.0 Å². The van der Waals surface area contributed by atoms with Gasteiger partial charge in [-0.1, -0.05) is 48.5 Å². The van der Waals surface area contributed by atoms with E-state index in [4.69, 9.17) is 14.2 Å². The second-order valence-corrected chi connectivity index (χ2v) is 8.11. The predicted octanol–water partition coefficient (Wildman–Crippen LogP) is 4.12. The molecule has 0 bridgehead atoms. The molecule has 1 N–H and O–H groups in total. The average Bonchev–Trinajstić information content (AvgIpc) is 3.25. The molecule has 2 unspecified atom stereocenters. The Morgan fingerprint density at radius 2 is 1.84 bits per heavy atom. The quantitative estimate of drug-likeness (QED) is 0.581. The minimum atomic E-state index is -0.232. The lowest BCUT2D eigenvalue weighted by atomic mass is 10.1. The molecule has 0 saturated carbocycles. The molecule has 31 heavy (non-hydrogen) atoms. The first-order valence-corrected chi connectivity index (χ1v) is 10.9. The van der Waals surface area contributed by atoms with Crippen molar-refractivity contribution >= 4 is 6.03 Å². The van der Waals surface area contributed by atoms with Crippen LogP contribution < -0.4 is 10.1 Å². The lowest BCUT2D eigenvalue weighted by Gasteiger charge is -2.25. The second kappa shape index (κ2) is 11.7. The van der Waals surface area contributed by atoms with Gasteiger partial charge in [0.05, 0.1) is 25.9 Å². The van der Waals surface area contributed by atoms with Crippen LogP contribution in [0.3, 0.4) is 0 Å². The van der Waals surface area contributed by atoms with Crippen LogP contribution >= 0.6 is 0 Å². The molecule has 0 spiro atoms. The van der Waals surface area contributed by atoms with Crippen molar-refractivity contribution in [2.24, 2.45) is 5.92 Å². The van der Waals surface area contributed by atoms with E-state index in [1.165, 1.54) is 0 Å². The molecule has 1 fully saturated rings. The molecule has 0 aromatic heterocycles. The summed E-state index contributed by atoms with van der Waals surface area (Å²) in [5.74, 6) is 1.25. The van der Waals surface area contributed by atoms with E-state index in [-0.39, 0.29) is 12.1 Å². The minimum Gasteiger partial charge on any atom is -0.491 e. The number of methoxy groups -OCH3 is 1. The summed E-state index contributed by atoms with van der Waals surface area (Å²) in [6.45, 7) is 7.74. The molecule has 0 radical (unpaired) electrons. The number of carbonyl (C=O) groups excluding carboxylic acids is 1. The van der Waals surface area contributed by atoms with E-state index in [1.54, 1.807) is 7.11 Å². The van der Waals surface area contributed by atoms with Crippen molar-refractivity contribution in [2.45, 2.75) is 26.3 Å². The van der Waals surface area contributed by atoms with Gasteiger partial charge in [0.1, 0.15) is 12.4 Å². The number of rotatable bonds is 10. The van der Waals surface area contributed by atoms with E-state index < -0.39 is 0 Å². The standard InChI is InChI=1S/C25H34N2O4/c1-19-8-7-9-20(2)24(19)31-18-23(22-10-5-4-6-11-22)26-25(28)27-13-12-21(16-27)17-30-15-14-29-3/h4-11,21,23H,12-18H2,1-3H3,(H,26,28). The van der Waals surface area contributed by atoms with Gasteiger partial charge in [-0.2, -0.15) is 0 Å². The Hall–Kier alpha value is -2.57. The Bertz CT molecular complexity index is 807. The van der Waals surface area contributed by atoms with Gasteiger partial charge in [0.15, 0.2) is 0 Å². The minimum absolute atomic E-state index is 0.0571. The summed E-state index contributed by atoms with van der Waals surface area (Å²) in [7, 11) is 1.66. The number of carbonyl (C=O) groups is 1. The van der Waals surface area contributed by atoms with E-state index in [2.05, 4.69) is 5.32 Å². The van der Waals surface area contributed by atoms with Gasteiger partial charge < -0.3 is 24.4 Å². The van der Waals surface area contributed by atoms with Crippen molar-refractivity contribution in [2.75, 3.05) is 46.6 Å². The number of ether oxygens (including phenoxy) is 3. The number of nitrogens with zero attached hydrogens (tertiary/aromatic N) is 1. The van der Waals surface area contributed by atoms with Crippen LogP contribution in [0.5, 0.6) is 5.75 Å². The maximum absolute atomic E-state index is 13.0. The first-order valence-electron chi connectivity index (χ1n) is 10.9. The third-order valence-corrected chi connectivity index (χ3v) is 5.66. The zero-order valence-corrected chi connectivity index (χ0v) is 18.8. The number of para-hydroxylation sites is 1. The molecule has 0 aliphatic carbocycles.